The Bertz CT molecular complexity index is 260. The normalized spacial score (nSPS) is 27.6. The van der Waals surface area contributed by atoms with Gasteiger partial charge in [0.05, 0.1) is 6.54 Å². The molecule has 0 aromatic carbocycles. The summed E-state index contributed by atoms with van der Waals surface area (Å²) in [5.74, 6) is 6.27. The Morgan fingerprint density at radius 2 is 2.06 bits per heavy atom. The molecule has 1 saturated carbocycles. The van der Waals surface area contributed by atoms with Gasteiger partial charge >= 0.3 is 0 Å². The van der Waals surface area contributed by atoms with Crippen molar-refractivity contribution in [2.75, 3.05) is 20.1 Å². The molecule has 2 rings (SSSR count). The van der Waals surface area contributed by atoms with Crippen molar-refractivity contribution in [3.05, 3.63) is 0 Å². The van der Waals surface area contributed by atoms with Crippen molar-refractivity contribution in [1.82, 2.24) is 15.6 Å². The highest BCUT2D eigenvalue weighted by Gasteiger charge is 2.21. The first-order valence-corrected chi connectivity index (χ1v) is 6.77. The molecule has 1 aliphatic carbocycles. The predicted molar refractivity (Wildman–Crippen MR) is 70.7 cm³/mol. The van der Waals surface area contributed by atoms with Gasteiger partial charge < -0.3 is 10.2 Å². The Labute approximate surface area is 104 Å². The van der Waals surface area contributed by atoms with Crippen molar-refractivity contribution < 1.29 is 0 Å². The van der Waals surface area contributed by atoms with Crippen molar-refractivity contribution in [3.63, 3.8) is 0 Å². The van der Waals surface area contributed by atoms with Crippen LogP contribution >= 0.6 is 0 Å². The fourth-order valence-electron chi connectivity index (χ4n) is 2.80. The van der Waals surface area contributed by atoms with Crippen LogP contribution in [0.25, 0.3) is 0 Å². The number of hydrogen-bond acceptors (Lipinski definition) is 3. The summed E-state index contributed by atoms with van der Waals surface area (Å²) in [4.78, 5) is 6.95. The van der Waals surface area contributed by atoms with Gasteiger partial charge in [-0.1, -0.05) is 12.8 Å². The number of hydrogen-bond donors (Lipinski definition) is 3. The number of likely N-dealkylation sites (tertiary alicyclic amines) is 1. The maximum atomic E-state index is 5.51. The highest BCUT2D eigenvalue weighted by Crippen LogP contribution is 2.17. The van der Waals surface area contributed by atoms with Crippen molar-refractivity contribution in [2.45, 2.75) is 50.6 Å². The summed E-state index contributed by atoms with van der Waals surface area (Å²) < 4.78 is 0. The third-order valence-electron chi connectivity index (χ3n) is 3.96. The monoisotopic (exact) mass is 239 g/mol. The van der Waals surface area contributed by atoms with Gasteiger partial charge in [0.15, 0.2) is 0 Å². The van der Waals surface area contributed by atoms with Crippen LogP contribution in [0.15, 0.2) is 4.99 Å². The van der Waals surface area contributed by atoms with Gasteiger partial charge in [0.2, 0.25) is 5.96 Å². The number of hydrazine groups is 1. The maximum Gasteiger partial charge on any atom is 0.206 e. The van der Waals surface area contributed by atoms with E-state index in [1.165, 1.54) is 45.1 Å². The van der Waals surface area contributed by atoms with Gasteiger partial charge in [0.25, 0.3) is 0 Å². The van der Waals surface area contributed by atoms with Gasteiger partial charge in [0.1, 0.15) is 0 Å². The molecule has 2 fully saturated rings. The van der Waals surface area contributed by atoms with Gasteiger partial charge in [0, 0.05) is 12.1 Å². The zero-order valence-corrected chi connectivity index (χ0v) is 10.8. The van der Waals surface area contributed by atoms with E-state index in [1.807, 2.05) is 0 Å². The summed E-state index contributed by atoms with van der Waals surface area (Å²) >= 11 is 0. The van der Waals surface area contributed by atoms with Crippen molar-refractivity contribution in [1.29, 1.82) is 0 Å². The van der Waals surface area contributed by atoms with Gasteiger partial charge in [-0.15, -0.1) is 0 Å². The molecule has 1 atom stereocenters. The van der Waals surface area contributed by atoms with E-state index in [0.29, 0.717) is 12.1 Å². The fraction of sp³-hybridized carbons (Fsp3) is 0.917. The van der Waals surface area contributed by atoms with Gasteiger partial charge in [-0.05, 0) is 39.3 Å². The molecule has 0 spiro atoms. The van der Waals surface area contributed by atoms with Crippen LogP contribution in [0.5, 0.6) is 0 Å². The molecule has 4 N–H and O–H groups in total. The van der Waals surface area contributed by atoms with Crippen LogP contribution < -0.4 is 16.6 Å². The van der Waals surface area contributed by atoms with Gasteiger partial charge in [-0.3, -0.25) is 10.4 Å². The van der Waals surface area contributed by atoms with Crippen LogP contribution in [0.2, 0.25) is 0 Å². The van der Waals surface area contributed by atoms with E-state index in [1.54, 1.807) is 0 Å². The molecule has 0 aromatic heterocycles. The first-order chi connectivity index (χ1) is 8.29. The van der Waals surface area contributed by atoms with E-state index in [-0.39, 0.29) is 0 Å². The molecule has 1 saturated heterocycles. The predicted octanol–water partition coefficient (Wildman–Crippen LogP) is 0.432. The molecule has 0 bridgehead atoms. The number of likely N-dealkylation sites (N-methyl/N-ethyl adjacent to an activating group) is 1. The molecular formula is C12H25N5. The van der Waals surface area contributed by atoms with E-state index in [4.69, 9.17) is 5.84 Å². The number of rotatable bonds is 3. The molecule has 5 heteroatoms. The summed E-state index contributed by atoms with van der Waals surface area (Å²) in [5, 5.41) is 3.40. The quantitative estimate of drug-likeness (QED) is 0.289. The minimum atomic E-state index is 0.561. The molecule has 17 heavy (non-hydrogen) atoms. The van der Waals surface area contributed by atoms with E-state index >= 15 is 0 Å². The molecule has 1 aliphatic heterocycles. The molecule has 0 amide bonds. The standard InChI is InChI=1S/C12H25N5/c1-17-8-4-7-11(17)9-14-12(16-13)15-10-5-2-3-6-10/h10-11H,2-9,13H2,1H3,(H2,14,15,16). The molecule has 98 valence electrons. The van der Waals surface area contributed by atoms with E-state index in [2.05, 4.69) is 27.7 Å². The SMILES string of the molecule is CN1CCCC1CN=C(NN)NC1CCCC1. The van der Waals surface area contributed by atoms with E-state index in [9.17, 15) is 0 Å². The third-order valence-corrected chi connectivity index (χ3v) is 3.96. The van der Waals surface area contributed by atoms with Crippen LogP contribution in [0.4, 0.5) is 0 Å². The number of guanidine groups is 1. The molecule has 1 unspecified atom stereocenters. The van der Waals surface area contributed by atoms with Gasteiger partial charge in [-0.2, -0.15) is 0 Å². The topological polar surface area (TPSA) is 65.7 Å². The Balaban J connectivity index is 1.79. The summed E-state index contributed by atoms with van der Waals surface area (Å²) in [5.41, 5.74) is 2.69. The highest BCUT2D eigenvalue weighted by molar-refractivity contribution is 5.79. The number of nitrogens with two attached hydrogens (primary N) is 1. The van der Waals surface area contributed by atoms with E-state index < -0.39 is 0 Å². The van der Waals surface area contributed by atoms with Crippen molar-refractivity contribution >= 4 is 5.96 Å². The zero-order chi connectivity index (χ0) is 12.1. The lowest BCUT2D eigenvalue weighted by molar-refractivity contribution is 0.317. The summed E-state index contributed by atoms with van der Waals surface area (Å²) in [6.07, 6.45) is 7.66. The smallest absolute Gasteiger partial charge is 0.206 e. The summed E-state index contributed by atoms with van der Waals surface area (Å²) in [7, 11) is 2.17. The van der Waals surface area contributed by atoms with Gasteiger partial charge in [-0.25, -0.2) is 5.84 Å². The molecule has 5 nitrogen and oxygen atoms in total. The second-order valence-electron chi connectivity index (χ2n) is 5.24. The molecule has 2 aliphatic rings. The van der Waals surface area contributed by atoms with Crippen molar-refractivity contribution in [3.8, 4) is 0 Å². The van der Waals surface area contributed by atoms with E-state index in [0.717, 1.165) is 12.5 Å². The minimum Gasteiger partial charge on any atom is -0.353 e. The Hall–Kier alpha value is -0.810. The lowest BCUT2D eigenvalue weighted by Gasteiger charge is -2.19. The third kappa shape index (κ3) is 3.57. The minimum absolute atomic E-state index is 0.561. The number of nitrogens with zero attached hydrogens (tertiary/aromatic N) is 2. The number of aliphatic imine (C=N–C) groups is 1. The second-order valence-corrected chi connectivity index (χ2v) is 5.24. The lowest BCUT2D eigenvalue weighted by Crippen LogP contribution is -2.46. The maximum absolute atomic E-state index is 5.51. The van der Waals surface area contributed by atoms with Crippen LogP contribution in [0.1, 0.15) is 38.5 Å². The largest absolute Gasteiger partial charge is 0.353 e. The summed E-state index contributed by atoms with van der Waals surface area (Å²) in [6, 6.07) is 1.15. The Kier molecular flexibility index (Phi) is 4.62. The average molecular weight is 239 g/mol. The zero-order valence-electron chi connectivity index (χ0n) is 10.8. The van der Waals surface area contributed by atoms with Crippen LogP contribution in [0, 0.1) is 0 Å². The fourth-order valence-corrected chi connectivity index (χ4v) is 2.80. The molecule has 0 radical (unpaired) electrons. The average Bonchev–Trinajstić information content (AvgIpc) is 2.96. The van der Waals surface area contributed by atoms with Crippen LogP contribution in [-0.2, 0) is 0 Å². The second kappa shape index (κ2) is 6.21. The lowest BCUT2D eigenvalue weighted by atomic mass is 10.2. The first kappa shape index (κ1) is 12.6. The van der Waals surface area contributed by atoms with Crippen LogP contribution in [0.3, 0.4) is 0 Å². The van der Waals surface area contributed by atoms with Crippen LogP contribution in [-0.4, -0.2) is 43.1 Å². The highest BCUT2D eigenvalue weighted by atomic mass is 15.3. The number of nitrogens with one attached hydrogen (secondary N) is 2. The first-order valence-electron chi connectivity index (χ1n) is 6.77. The molecule has 0 aromatic rings. The Morgan fingerprint density at radius 3 is 2.65 bits per heavy atom. The summed E-state index contributed by atoms with van der Waals surface area (Å²) in [6.45, 7) is 2.04. The van der Waals surface area contributed by atoms with Crippen molar-refractivity contribution in [2.24, 2.45) is 10.8 Å². The molecular weight excluding hydrogens is 214 g/mol. The Morgan fingerprint density at radius 1 is 1.29 bits per heavy atom. The molecule has 1 heterocycles.